The van der Waals surface area contributed by atoms with Gasteiger partial charge in [0, 0.05) is 25.6 Å². The number of benzene rings is 1. The van der Waals surface area contributed by atoms with Crippen molar-refractivity contribution in [1.82, 2.24) is 10.6 Å². The molecule has 1 aliphatic heterocycles. The maximum absolute atomic E-state index is 4.49. The molecule has 1 atom stereocenters. The summed E-state index contributed by atoms with van der Waals surface area (Å²) < 4.78 is 0. The molecule has 1 unspecified atom stereocenters. The number of nitrogens with one attached hydrogen (secondary N) is 2. The van der Waals surface area contributed by atoms with E-state index in [0.717, 1.165) is 32.0 Å². The third kappa shape index (κ3) is 3.71. The van der Waals surface area contributed by atoms with E-state index in [2.05, 4.69) is 53.7 Å². The van der Waals surface area contributed by atoms with E-state index < -0.39 is 0 Å². The number of guanidine groups is 1. The van der Waals surface area contributed by atoms with Crippen LogP contribution in [0.25, 0.3) is 0 Å². The molecule has 2 N–H and O–H groups in total. The van der Waals surface area contributed by atoms with E-state index >= 15 is 0 Å². The summed E-state index contributed by atoms with van der Waals surface area (Å²) in [4.78, 5) is 4.49. The molecule has 0 saturated heterocycles. The summed E-state index contributed by atoms with van der Waals surface area (Å²) in [7, 11) is 0. The lowest BCUT2D eigenvalue weighted by Gasteiger charge is -2.37. The van der Waals surface area contributed by atoms with Gasteiger partial charge in [0.25, 0.3) is 0 Å². The lowest BCUT2D eigenvalue weighted by atomic mass is 9.69. The minimum atomic E-state index is 0. The largest absolute Gasteiger partial charge is 0.356 e. The number of rotatable bonds is 2. The number of nitrogens with zero attached hydrogens (tertiary/aromatic N) is 1. The lowest BCUT2D eigenvalue weighted by Crippen LogP contribution is -2.43. The molecule has 1 aliphatic carbocycles. The van der Waals surface area contributed by atoms with Crippen LogP contribution in [0.4, 0.5) is 0 Å². The fraction of sp³-hybridized carbons (Fsp3) is 0.588. The number of fused-ring (bicyclic) bond motifs is 1. The first-order valence-corrected chi connectivity index (χ1v) is 7.78. The van der Waals surface area contributed by atoms with E-state index in [0.29, 0.717) is 11.3 Å². The summed E-state index contributed by atoms with van der Waals surface area (Å²) in [5.41, 5.74) is 3.36. The summed E-state index contributed by atoms with van der Waals surface area (Å²) in [6.07, 6.45) is 3.66. The molecule has 0 saturated carbocycles. The van der Waals surface area contributed by atoms with Gasteiger partial charge in [-0.05, 0) is 35.8 Å². The second-order valence-electron chi connectivity index (χ2n) is 6.60. The first-order chi connectivity index (χ1) is 9.67. The van der Waals surface area contributed by atoms with Crippen LogP contribution in [0.2, 0.25) is 0 Å². The third-order valence-electron chi connectivity index (χ3n) is 4.66. The number of hydrogen-bond donors (Lipinski definition) is 2. The summed E-state index contributed by atoms with van der Waals surface area (Å²) >= 11 is 0. The van der Waals surface area contributed by atoms with Gasteiger partial charge < -0.3 is 10.6 Å². The van der Waals surface area contributed by atoms with Crippen molar-refractivity contribution in [3.05, 3.63) is 35.4 Å². The van der Waals surface area contributed by atoms with Crippen LogP contribution in [0.5, 0.6) is 0 Å². The monoisotopic (exact) mass is 399 g/mol. The molecule has 2 aliphatic rings. The molecule has 1 aromatic carbocycles. The molecule has 0 amide bonds. The fourth-order valence-corrected chi connectivity index (χ4v) is 3.38. The van der Waals surface area contributed by atoms with E-state index in [9.17, 15) is 0 Å². The topological polar surface area (TPSA) is 36.4 Å². The Labute approximate surface area is 145 Å². The molecule has 4 heteroatoms. The zero-order chi connectivity index (χ0) is 14.0. The van der Waals surface area contributed by atoms with Crippen LogP contribution in [0.1, 0.15) is 50.2 Å². The van der Waals surface area contributed by atoms with Crippen molar-refractivity contribution in [1.29, 1.82) is 0 Å². The molecular weight excluding hydrogens is 373 g/mol. The van der Waals surface area contributed by atoms with Crippen LogP contribution in [0, 0.1) is 0 Å². The van der Waals surface area contributed by atoms with E-state index in [-0.39, 0.29) is 24.0 Å². The normalized spacial score (nSPS) is 23.1. The smallest absolute Gasteiger partial charge is 0.191 e. The van der Waals surface area contributed by atoms with E-state index in [4.69, 9.17) is 0 Å². The van der Waals surface area contributed by atoms with Crippen LogP contribution in [0.15, 0.2) is 29.3 Å². The standard InChI is InChI=1S/C17H25N3.HI/c1-17(2)9-8-13(14-6-3-4-7-15(14)17)12-20-16-18-10-5-11-19-16;/h3-4,6-7,13H,5,8-12H2,1-2H3,(H2,18,19,20);1H. The van der Waals surface area contributed by atoms with Crippen molar-refractivity contribution in [3.63, 3.8) is 0 Å². The Hall–Kier alpha value is -0.780. The summed E-state index contributed by atoms with van der Waals surface area (Å²) in [5, 5.41) is 6.84. The Morgan fingerprint density at radius 3 is 2.90 bits per heavy atom. The van der Waals surface area contributed by atoms with Crippen LogP contribution in [0.3, 0.4) is 0 Å². The SMILES string of the molecule is CC1(C)CCC(CNC2=NCCCN2)c2ccccc21.I. The van der Waals surface area contributed by atoms with Crippen molar-refractivity contribution < 1.29 is 0 Å². The highest BCUT2D eigenvalue weighted by Gasteiger charge is 2.32. The molecule has 21 heavy (non-hydrogen) atoms. The lowest BCUT2D eigenvalue weighted by molar-refractivity contribution is 0.389. The third-order valence-corrected chi connectivity index (χ3v) is 4.66. The Morgan fingerprint density at radius 2 is 2.14 bits per heavy atom. The van der Waals surface area contributed by atoms with Crippen LogP contribution in [-0.4, -0.2) is 25.6 Å². The maximum atomic E-state index is 4.49. The molecule has 0 bridgehead atoms. The van der Waals surface area contributed by atoms with Gasteiger partial charge in [-0.15, -0.1) is 24.0 Å². The predicted octanol–water partition coefficient (Wildman–Crippen LogP) is 3.40. The van der Waals surface area contributed by atoms with Gasteiger partial charge in [0.15, 0.2) is 5.96 Å². The minimum absolute atomic E-state index is 0. The number of halogens is 1. The molecule has 3 nitrogen and oxygen atoms in total. The molecule has 0 aromatic heterocycles. The predicted molar refractivity (Wildman–Crippen MR) is 99.8 cm³/mol. The van der Waals surface area contributed by atoms with Gasteiger partial charge in [0.1, 0.15) is 0 Å². The van der Waals surface area contributed by atoms with Gasteiger partial charge in [0.05, 0.1) is 0 Å². The van der Waals surface area contributed by atoms with Crippen molar-refractivity contribution in [2.75, 3.05) is 19.6 Å². The molecule has 116 valence electrons. The quantitative estimate of drug-likeness (QED) is 0.748. The molecule has 0 spiro atoms. The Kier molecular flexibility index (Phi) is 5.52. The van der Waals surface area contributed by atoms with Gasteiger partial charge in [-0.2, -0.15) is 0 Å². The first kappa shape index (κ1) is 16.6. The van der Waals surface area contributed by atoms with Gasteiger partial charge in [0.2, 0.25) is 0 Å². The van der Waals surface area contributed by atoms with Gasteiger partial charge in [-0.25, -0.2) is 0 Å². The van der Waals surface area contributed by atoms with Crippen molar-refractivity contribution in [2.45, 2.75) is 44.4 Å². The summed E-state index contributed by atoms with van der Waals surface area (Å²) in [5.74, 6) is 1.59. The molecule has 1 heterocycles. The van der Waals surface area contributed by atoms with Crippen molar-refractivity contribution >= 4 is 29.9 Å². The average Bonchev–Trinajstić information content (AvgIpc) is 2.48. The van der Waals surface area contributed by atoms with Crippen LogP contribution >= 0.6 is 24.0 Å². The minimum Gasteiger partial charge on any atom is -0.356 e. The average molecular weight is 399 g/mol. The van der Waals surface area contributed by atoms with Gasteiger partial charge >= 0.3 is 0 Å². The zero-order valence-electron chi connectivity index (χ0n) is 13.0. The zero-order valence-corrected chi connectivity index (χ0v) is 15.3. The molecular formula is C17H26IN3. The van der Waals surface area contributed by atoms with E-state index in [1.807, 2.05) is 0 Å². The highest BCUT2D eigenvalue weighted by Crippen LogP contribution is 2.42. The Bertz CT molecular complexity index is 511. The maximum Gasteiger partial charge on any atom is 0.191 e. The van der Waals surface area contributed by atoms with Gasteiger partial charge in [-0.3, -0.25) is 4.99 Å². The van der Waals surface area contributed by atoms with Crippen molar-refractivity contribution in [2.24, 2.45) is 4.99 Å². The molecule has 0 fully saturated rings. The number of aliphatic imine (C=N–C) groups is 1. The number of hydrogen-bond acceptors (Lipinski definition) is 3. The van der Waals surface area contributed by atoms with Crippen LogP contribution < -0.4 is 10.6 Å². The highest BCUT2D eigenvalue weighted by atomic mass is 127. The Balaban J connectivity index is 0.00000161. The Morgan fingerprint density at radius 1 is 1.33 bits per heavy atom. The van der Waals surface area contributed by atoms with Crippen molar-refractivity contribution in [3.8, 4) is 0 Å². The molecule has 3 rings (SSSR count). The molecule has 0 radical (unpaired) electrons. The summed E-state index contributed by atoms with van der Waals surface area (Å²) in [6.45, 7) is 7.70. The fourth-order valence-electron chi connectivity index (χ4n) is 3.38. The van der Waals surface area contributed by atoms with Crippen LogP contribution in [-0.2, 0) is 5.41 Å². The van der Waals surface area contributed by atoms with E-state index in [1.54, 1.807) is 0 Å². The second kappa shape index (κ2) is 6.99. The summed E-state index contributed by atoms with van der Waals surface area (Å²) in [6, 6.07) is 8.95. The first-order valence-electron chi connectivity index (χ1n) is 7.78. The van der Waals surface area contributed by atoms with Gasteiger partial charge in [-0.1, -0.05) is 38.1 Å². The van der Waals surface area contributed by atoms with E-state index in [1.165, 1.54) is 24.0 Å². The second-order valence-corrected chi connectivity index (χ2v) is 6.60. The molecule has 1 aromatic rings. The highest BCUT2D eigenvalue weighted by molar-refractivity contribution is 14.0.